The van der Waals surface area contributed by atoms with E-state index in [0.717, 1.165) is 0 Å². The molecular weight excluding hydrogens is 352 g/mol. The summed E-state index contributed by atoms with van der Waals surface area (Å²) < 4.78 is 0. The van der Waals surface area contributed by atoms with E-state index in [9.17, 15) is 24.3 Å². The van der Waals surface area contributed by atoms with Gasteiger partial charge in [-0.25, -0.2) is 0 Å². The van der Waals surface area contributed by atoms with Crippen LogP contribution >= 0.6 is 0 Å². The topological polar surface area (TPSA) is 165 Å². The molecule has 0 bridgehead atoms. The highest BCUT2D eigenvalue weighted by molar-refractivity contribution is 5.81. The number of hydrogen-bond acceptors (Lipinski definition) is 5. The second-order valence-corrected chi connectivity index (χ2v) is 7.57. The third-order valence-electron chi connectivity index (χ3n) is 5.29. The van der Waals surface area contributed by atoms with Crippen LogP contribution in [0.5, 0.6) is 0 Å². The Bertz CT molecular complexity index is 542. The molecule has 1 rings (SSSR count). The van der Waals surface area contributed by atoms with Gasteiger partial charge in [0.05, 0.1) is 5.92 Å². The van der Waals surface area contributed by atoms with Gasteiger partial charge in [0.15, 0.2) is 0 Å². The van der Waals surface area contributed by atoms with Crippen LogP contribution in [0.4, 0.5) is 0 Å². The number of aliphatic carboxylic acids is 1. The molecule has 6 atom stereocenters. The third-order valence-corrected chi connectivity index (χ3v) is 5.29. The highest BCUT2D eigenvalue weighted by Gasteiger charge is 2.33. The summed E-state index contributed by atoms with van der Waals surface area (Å²) in [4.78, 5) is 45.5. The molecule has 0 aromatic rings. The molecule has 7 N–H and O–H groups in total. The molecule has 0 aliphatic carbocycles. The van der Waals surface area contributed by atoms with Crippen LogP contribution in [0.25, 0.3) is 0 Å². The van der Waals surface area contributed by atoms with E-state index in [0.29, 0.717) is 38.5 Å². The molecule has 9 nitrogen and oxygen atoms in total. The smallest absolute Gasteiger partial charge is 0.306 e. The van der Waals surface area contributed by atoms with Gasteiger partial charge >= 0.3 is 5.97 Å². The maximum Gasteiger partial charge on any atom is 0.306 e. The van der Waals surface area contributed by atoms with Crippen LogP contribution in [-0.2, 0) is 19.2 Å². The monoisotopic (exact) mass is 384 g/mol. The summed E-state index contributed by atoms with van der Waals surface area (Å²) in [6.07, 6.45) is 2.98. The van der Waals surface area contributed by atoms with Gasteiger partial charge in [-0.05, 0) is 38.5 Å². The van der Waals surface area contributed by atoms with Gasteiger partial charge < -0.3 is 27.2 Å². The first-order valence-corrected chi connectivity index (χ1v) is 9.45. The molecule has 1 saturated heterocycles. The van der Waals surface area contributed by atoms with Crippen LogP contribution in [0.2, 0.25) is 0 Å². The predicted octanol–water partition coefficient (Wildman–Crippen LogP) is -0.274. The molecule has 0 radical (unpaired) electrons. The average Bonchev–Trinajstić information content (AvgIpc) is 2.89. The Morgan fingerprint density at radius 3 is 2.44 bits per heavy atom. The summed E-state index contributed by atoms with van der Waals surface area (Å²) in [5.41, 5.74) is 11.5. The Morgan fingerprint density at radius 2 is 2.00 bits per heavy atom. The van der Waals surface area contributed by atoms with Crippen molar-refractivity contribution in [1.29, 1.82) is 0 Å². The number of carbonyl (C=O) groups excluding carboxylic acids is 3. The third kappa shape index (κ3) is 7.54. The quantitative estimate of drug-likeness (QED) is 0.274. The minimum absolute atomic E-state index is 0.0549. The molecule has 3 amide bonds. The zero-order valence-corrected chi connectivity index (χ0v) is 16.0. The molecule has 0 spiro atoms. The lowest BCUT2D eigenvalue weighted by atomic mass is 9.87. The van der Waals surface area contributed by atoms with E-state index in [-0.39, 0.29) is 36.2 Å². The fourth-order valence-electron chi connectivity index (χ4n) is 3.72. The van der Waals surface area contributed by atoms with Crippen molar-refractivity contribution < 1.29 is 24.3 Å². The highest BCUT2D eigenvalue weighted by atomic mass is 16.4. The van der Waals surface area contributed by atoms with Gasteiger partial charge in [-0.15, -0.1) is 0 Å². The highest BCUT2D eigenvalue weighted by Crippen LogP contribution is 2.24. The number of carbonyl (C=O) groups is 4. The van der Waals surface area contributed by atoms with Crippen molar-refractivity contribution in [2.45, 2.75) is 70.5 Å². The lowest BCUT2D eigenvalue weighted by molar-refractivity contribution is -0.142. The number of primary amides is 1. The second kappa shape index (κ2) is 10.9. The average molecular weight is 384 g/mol. The first-order chi connectivity index (χ1) is 12.7. The predicted molar refractivity (Wildman–Crippen MR) is 99.2 cm³/mol. The Kier molecular flexibility index (Phi) is 9.20. The molecular formula is C18H32N4O5. The van der Waals surface area contributed by atoms with Gasteiger partial charge in [-0.3, -0.25) is 19.2 Å². The summed E-state index contributed by atoms with van der Waals surface area (Å²) in [5, 5.41) is 15.0. The van der Waals surface area contributed by atoms with E-state index in [1.54, 1.807) is 0 Å². The normalized spacial score (nSPS) is 23.7. The van der Waals surface area contributed by atoms with E-state index in [1.165, 1.54) is 0 Å². The Hall–Kier alpha value is -2.16. The SMILES string of the molecule is CCC(CC(CC(N)CC(CC1CC(C)C(=O)N1)C(=O)O)NC=O)C(N)=O. The van der Waals surface area contributed by atoms with Crippen molar-refractivity contribution in [1.82, 2.24) is 10.6 Å². The maximum atomic E-state index is 11.6. The number of carboxylic acid groups (broad SMARTS) is 1. The summed E-state index contributed by atoms with van der Waals surface area (Å²) >= 11 is 0. The van der Waals surface area contributed by atoms with Crippen LogP contribution in [0.1, 0.15) is 52.4 Å². The van der Waals surface area contributed by atoms with Crippen molar-refractivity contribution in [3.63, 3.8) is 0 Å². The van der Waals surface area contributed by atoms with Gasteiger partial charge in [0.2, 0.25) is 18.2 Å². The maximum absolute atomic E-state index is 11.6. The minimum Gasteiger partial charge on any atom is -0.481 e. The Morgan fingerprint density at radius 1 is 1.33 bits per heavy atom. The summed E-state index contributed by atoms with van der Waals surface area (Å²) in [7, 11) is 0. The van der Waals surface area contributed by atoms with Crippen molar-refractivity contribution in [3.8, 4) is 0 Å². The van der Waals surface area contributed by atoms with Crippen LogP contribution in [0.15, 0.2) is 0 Å². The molecule has 154 valence electrons. The molecule has 0 aromatic carbocycles. The van der Waals surface area contributed by atoms with E-state index in [2.05, 4.69) is 10.6 Å². The van der Waals surface area contributed by atoms with Crippen molar-refractivity contribution in [2.24, 2.45) is 29.2 Å². The van der Waals surface area contributed by atoms with Crippen molar-refractivity contribution in [3.05, 3.63) is 0 Å². The number of hydrogen-bond donors (Lipinski definition) is 5. The van der Waals surface area contributed by atoms with Crippen LogP contribution in [0.3, 0.4) is 0 Å². The largest absolute Gasteiger partial charge is 0.481 e. The fourth-order valence-corrected chi connectivity index (χ4v) is 3.72. The van der Waals surface area contributed by atoms with Crippen molar-refractivity contribution >= 4 is 24.2 Å². The molecule has 6 unspecified atom stereocenters. The van der Waals surface area contributed by atoms with Gasteiger partial charge in [0, 0.05) is 30.0 Å². The van der Waals surface area contributed by atoms with Crippen molar-refractivity contribution in [2.75, 3.05) is 0 Å². The van der Waals surface area contributed by atoms with Crippen LogP contribution < -0.4 is 22.1 Å². The molecule has 0 saturated carbocycles. The van der Waals surface area contributed by atoms with Gasteiger partial charge in [0.1, 0.15) is 0 Å². The standard InChI is InChI=1S/C18H32N4O5/c1-3-11(16(20)24)6-14(21-9-23)8-13(19)5-12(18(26)27)7-15-4-10(2)17(25)22-15/h9-15H,3-8,19H2,1-2H3,(H2,20,24)(H,21,23)(H,22,25)(H,26,27). The van der Waals surface area contributed by atoms with Crippen LogP contribution in [-0.4, -0.2) is 47.4 Å². The molecule has 9 heteroatoms. The Labute approximate surface area is 159 Å². The van der Waals surface area contributed by atoms with E-state index in [4.69, 9.17) is 11.5 Å². The van der Waals surface area contributed by atoms with Gasteiger partial charge in [-0.1, -0.05) is 13.8 Å². The summed E-state index contributed by atoms with van der Waals surface area (Å²) in [6.45, 7) is 3.65. The van der Waals surface area contributed by atoms with E-state index in [1.807, 2.05) is 13.8 Å². The molecule has 1 aliphatic heterocycles. The number of carboxylic acids is 1. The lowest BCUT2D eigenvalue weighted by Crippen LogP contribution is -2.40. The van der Waals surface area contributed by atoms with E-state index < -0.39 is 23.8 Å². The summed E-state index contributed by atoms with van der Waals surface area (Å²) in [6, 6.07) is -0.983. The number of nitrogens with one attached hydrogen (secondary N) is 2. The fraction of sp³-hybridized carbons (Fsp3) is 0.778. The number of amides is 3. The molecule has 1 aliphatic rings. The molecule has 1 heterocycles. The molecule has 0 aromatic heterocycles. The zero-order chi connectivity index (χ0) is 20.6. The first kappa shape index (κ1) is 22.9. The first-order valence-electron chi connectivity index (χ1n) is 9.45. The van der Waals surface area contributed by atoms with E-state index >= 15 is 0 Å². The lowest BCUT2D eigenvalue weighted by Gasteiger charge is -2.25. The van der Waals surface area contributed by atoms with Gasteiger partial charge in [-0.2, -0.15) is 0 Å². The molecule has 1 fully saturated rings. The minimum atomic E-state index is -0.956. The Balaban J connectivity index is 2.63. The van der Waals surface area contributed by atoms with Crippen LogP contribution in [0, 0.1) is 17.8 Å². The zero-order valence-electron chi connectivity index (χ0n) is 16.0. The summed E-state index contributed by atoms with van der Waals surface area (Å²) in [5.74, 6) is -2.62. The molecule has 27 heavy (non-hydrogen) atoms. The second-order valence-electron chi connectivity index (χ2n) is 7.57. The number of nitrogens with two attached hydrogens (primary N) is 2. The number of rotatable bonds is 13. The van der Waals surface area contributed by atoms with Gasteiger partial charge in [0.25, 0.3) is 0 Å².